The highest BCUT2D eigenvalue weighted by Gasteiger charge is 2.29. The molecule has 18 heavy (non-hydrogen) atoms. The number of aryl methyl sites for hydroxylation is 1. The molecule has 2 rings (SSSR count). The van der Waals surface area contributed by atoms with Gasteiger partial charge in [-0.05, 0) is 61.5 Å². The number of aliphatic hydroxyl groups is 1. The summed E-state index contributed by atoms with van der Waals surface area (Å²) in [6.45, 7) is 6.78. The molecule has 0 saturated heterocycles. The third-order valence-electron chi connectivity index (χ3n) is 4.45. The van der Waals surface area contributed by atoms with Gasteiger partial charge in [0.15, 0.2) is 0 Å². The van der Waals surface area contributed by atoms with E-state index >= 15 is 0 Å². The number of hydrogen-bond donors (Lipinski definition) is 1. The van der Waals surface area contributed by atoms with Crippen LogP contribution in [0.3, 0.4) is 0 Å². The Kier molecular flexibility index (Phi) is 4.45. The number of benzene rings is 1. The number of hydrogen-bond acceptors (Lipinski definition) is 1. The first kappa shape index (κ1) is 13.6. The van der Waals surface area contributed by atoms with E-state index in [0.717, 1.165) is 18.3 Å². The maximum absolute atomic E-state index is 10.5. The van der Waals surface area contributed by atoms with Crippen molar-refractivity contribution in [2.45, 2.75) is 52.6 Å². The van der Waals surface area contributed by atoms with Crippen molar-refractivity contribution in [3.05, 3.63) is 35.4 Å². The van der Waals surface area contributed by atoms with E-state index < -0.39 is 0 Å². The summed E-state index contributed by atoms with van der Waals surface area (Å²) in [5.74, 6) is 2.03. The SMILES string of the molecule is Cc1ccccc1CC(O)C1CC(C)CC(C)C1. The molecule has 1 nitrogen and oxygen atoms in total. The quantitative estimate of drug-likeness (QED) is 0.855. The lowest BCUT2D eigenvalue weighted by Crippen LogP contribution is -2.30. The Morgan fingerprint density at radius 3 is 2.33 bits per heavy atom. The van der Waals surface area contributed by atoms with Crippen molar-refractivity contribution in [1.82, 2.24) is 0 Å². The van der Waals surface area contributed by atoms with Crippen molar-refractivity contribution in [1.29, 1.82) is 0 Å². The summed E-state index contributed by atoms with van der Waals surface area (Å²) in [5, 5.41) is 10.5. The maximum atomic E-state index is 10.5. The predicted molar refractivity (Wildman–Crippen MR) is 76.6 cm³/mol. The lowest BCUT2D eigenvalue weighted by Gasteiger charge is -2.34. The smallest absolute Gasteiger partial charge is 0.0609 e. The molecule has 1 aromatic rings. The van der Waals surface area contributed by atoms with Crippen molar-refractivity contribution < 1.29 is 5.11 Å². The topological polar surface area (TPSA) is 20.2 Å². The average Bonchev–Trinajstić information content (AvgIpc) is 2.31. The zero-order valence-corrected chi connectivity index (χ0v) is 11.9. The first-order chi connectivity index (χ1) is 8.56. The highest BCUT2D eigenvalue weighted by Crippen LogP contribution is 2.35. The summed E-state index contributed by atoms with van der Waals surface area (Å²) < 4.78 is 0. The van der Waals surface area contributed by atoms with E-state index in [1.165, 1.54) is 30.4 Å². The van der Waals surface area contributed by atoms with Gasteiger partial charge < -0.3 is 5.11 Å². The summed E-state index contributed by atoms with van der Waals surface area (Å²) >= 11 is 0. The Bertz CT molecular complexity index is 375. The molecule has 0 amide bonds. The summed E-state index contributed by atoms with van der Waals surface area (Å²) in [7, 11) is 0. The zero-order chi connectivity index (χ0) is 13.1. The molecule has 0 spiro atoms. The van der Waals surface area contributed by atoms with Crippen molar-refractivity contribution in [2.24, 2.45) is 17.8 Å². The van der Waals surface area contributed by atoms with Gasteiger partial charge in [-0.1, -0.05) is 38.1 Å². The van der Waals surface area contributed by atoms with E-state index in [1.54, 1.807) is 0 Å². The minimum Gasteiger partial charge on any atom is -0.392 e. The molecular weight excluding hydrogens is 220 g/mol. The zero-order valence-electron chi connectivity index (χ0n) is 11.9. The molecule has 1 aliphatic carbocycles. The molecule has 0 aromatic heterocycles. The second-order valence-electron chi connectivity index (χ2n) is 6.38. The Morgan fingerprint density at radius 1 is 1.11 bits per heavy atom. The van der Waals surface area contributed by atoms with Gasteiger partial charge in [0, 0.05) is 0 Å². The second-order valence-corrected chi connectivity index (χ2v) is 6.38. The molecule has 0 radical (unpaired) electrons. The molecule has 0 bridgehead atoms. The summed E-state index contributed by atoms with van der Waals surface area (Å²) in [4.78, 5) is 0. The van der Waals surface area contributed by atoms with Crippen LogP contribution in [0.5, 0.6) is 0 Å². The Labute approximate surface area is 111 Å². The van der Waals surface area contributed by atoms with E-state index in [4.69, 9.17) is 0 Å². The van der Waals surface area contributed by atoms with Crippen LogP contribution in [0.1, 0.15) is 44.2 Å². The van der Waals surface area contributed by atoms with Crippen LogP contribution in [0.4, 0.5) is 0 Å². The highest BCUT2D eigenvalue weighted by molar-refractivity contribution is 5.26. The Morgan fingerprint density at radius 2 is 1.72 bits per heavy atom. The lowest BCUT2D eigenvalue weighted by molar-refractivity contribution is 0.0560. The van der Waals surface area contributed by atoms with Crippen LogP contribution in [0, 0.1) is 24.7 Å². The Hall–Kier alpha value is -0.820. The predicted octanol–water partition coefficient (Wildman–Crippen LogP) is 3.97. The van der Waals surface area contributed by atoms with E-state index in [1.807, 2.05) is 0 Å². The van der Waals surface area contributed by atoms with Crippen LogP contribution in [0.25, 0.3) is 0 Å². The normalized spacial score (nSPS) is 30.1. The van der Waals surface area contributed by atoms with Crippen LogP contribution in [-0.2, 0) is 6.42 Å². The monoisotopic (exact) mass is 246 g/mol. The van der Waals surface area contributed by atoms with Gasteiger partial charge >= 0.3 is 0 Å². The van der Waals surface area contributed by atoms with Crippen molar-refractivity contribution >= 4 is 0 Å². The van der Waals surface area contributed by atoms with E-state index in [0.29, 0.717) is 5.92 Å². The van der Waals surface area contributed by atoms with Crippen LogP contribution < -0.4 is 0 Å². The lowest BCUT2D eigenvalue weighted by atomic mass is 9.73. The Balaban J connectivity index is 1.99. The largest absolute Gasteiger partial charge is 0.392 e. The molecule has 1 aromatic carbocycles. The van der Waals surface area contributed by atoms with Crippen LogP contribution in [-0.4, -0.2) is 11.2 Å². The third-order valence-corrected chi connectivity index (χ3v) is 4.45. The third kappa shape index (κ3) is 3.35. The average molecular weight is 246 g/mol. The molecule has 3 unspecified atom stereocenters. The first-order valence-corrected chi connectivity index (χ1v) is 7.28. The minimum atomic E-state index is -0.170. The number of aliphatic hydroxyl groups excluding tert-OH is 1. The fraction of sp³-hybridized carbons (Fsp3) is 0.647. The maximum Gasteiger partial charge on any atom is 0.0609 e. The molecular formula is C17H26O. The fourth-order valence-corrected chi connectivity index (χ4v) is 3.55. The molecule has 1 fully saturated rings. The van der Waals surface area contributed by atoms with Gasteiger partial charge in [-0.3, -0.25) is 0 Å². The second kappa shape index (κ2) is 5.88. The van der Waals surface area contributed by atoms with E-state index in [-0.39, 0.29) is 6.10 Å². The van der Waals surface area contributed by atoms with Crippen LogP contribution >= 0.6 is 0 Å². The summed E-state index contributed by atoms with van der Waals surface area (Å²) in [6, 6.07) is 8.42. The molecule has 3 atom stereocenters. The van der Waals surface area contributed by atoms with Crippen molar-refractivity contribution in [2.75, 3.05) is 0 Å². The molecule has 1 saturated carbocycles. The molecule has 0 heterocycles. The summed E-state index contributed by atoms with van der Waals surface area (Å²) in [5.41, 5.74) is 2.60. The fourth-order valence-electron chi connectivity index (χ4n) is 3.55. The van der Waals surface area contributed by atoms with Gasteiger partial charge in [-0.2, -0.15) is 0 Å². The van der Waals surface area contributed by atoms with Crippen molar-refractivity contribution in [3.63, 3.8) is 0 Å². The standard InChI is InChI=1S/C17H26O/c1-12-8-13(2)10-16(9-12)17(18)11-15-7-5-4-6-14(15)3/h4-7,12-13,16-18H,8-11H2,1-3H3. The van der Waals surface area contributed by atoms with Gasteiger partial charge in [0.2, 0.25) is 0 Å². The van der Waals surface area contributed by atoms with Crippen LogP contribution in [0.15, 0.2) is 24.3 Å². The van der Waals surface area contributed by atoms with E-state index in [9.17, 15) is 5.11 Å². The molecule has 1 N–H and O–H groups in total. The summed E-state index contributed by atoms with van der Waals surface area (Å²) in [6.07, 6.45) is 4.36. The molecule has 1 aliphatic rings. The van der Waals surface area contributed by atoms with E-state index in [2.05, 4.69) is 45.0 Å². The van der Waals surface area contributed by atoms with Gasteiger partial charge in [-0.15, -0.1) is 0 Å². The highest BCUT2D eigenvalue weighted by atomic mass is 16.3. The van der Waals surface area contributed by atoms with Gasteiger partial charge in [0.1, 0.15) is 0 Å². The van der Waals surface area contributed by atoms with Gasteiger partial charge in [0.05, 0.1) is 6.10 Å². The number of rotatable bonds is 3. The minimum absolute atomic E-state index is 0.170. The van der Waals surface area contributed by atoms with Crippen LogP contribution in [0.2, 0.25) is 0 Å². The molecule has 100 valence electrons. The van der Waals surface area contributed by atoms with Crippen molar-refractivity contribution in [3.8, 4) is 0 Å². The molecule has 1 heteroatoms. The molecule has 0 aliphatic heterocycles. The van der Waals surface area contributed by atoms with Gasteiger partial charge in [-0.25, -0.2) is 0 Å². The van der Waals surface area contributed by atoms with Gasteiger partial charge in [0.25, 0.3) is 0 Å². The first-order valence-electron chi connectivity index (χ1n) is 7.28.